The molecule has 3 atom stereocenters. The Morgan fingerprint density at radius 3 is 2.49 bits per heavy atom. The van der Waals surface area contributed by atoms with Gasteiger partial charge in [0.15, 0.2) is 5.82 Å². The van der Waals surface area contributed by atoms with Gasteiger partial charge in [0.05, 0.1) is 34.9 Å². The zero-order valence-corrected chi connectivity index (χ0v) is 25.5. The Hall–Kier alpha value is -4.29. The first-order valence-electron chi connectivity index (χ1n) is 13.8. The van der Waals surface area contributed by atoms with Crippen molar-refractivity contribution in [1.29, 1.82) is 0 Å². The smallest absolute Gasteiger partial charge is 0.273 e. The molecule has 14 heteroatoms. The Labute approximate surface area is 257 Å². The molecular formula is C29H29Cl2N9O3. The van der Waals surface area contributed by atoms with E-state index in [1.807, 2.05) is 38.1 Å². The van der Waals surface area contributed by atoms with Crippen LogP contribution in [-0.2, 0) is 24.8 Å². The van der Waals surface area contributed by atoms with Gasteiger partial charge in [0.25, 0.3) is 11.8 Å². The zero-order valence-electron chi connectivity index (χ0n) is 24.0. The second-order valence-corrected chi connectivity index (χ2v) is 11.7. The van der Waals surface area contributed by atoms with Crippen molar-refractivity contribution >= 4 is 40.9 Å². The lowest BCUT2D eigenvalue weighted by molar-refractivity contribution is -0.125. The number of rotatable bonds is 5. The summed E-state index contributed by atoms with van der Waals surface area (Å²) in [6, 6.07) is 11.1. The van der Waals surface area contributed by atoms with Crippen molar-refractivity contribution in [3.8, 4) is 11.4 Å². The predicted octanol–water partition coefficient (Wildman–Crippen LogP) is 3.47. The molecule has 4 heterocycles. The molecule has 0 spiro atoms. The Balaban J connectivity index is 1.34. The first-order chi connectivity index (χ1) is 20.6. The molecule has 3 amide bonds. The van der Waals surface area contributed by atoms with Crippen molar-refractivity contribution in [2.45, 2.75) is 44.9 Å². The summed E-state index contributed by atoms with van der Waals surface area (Å²) in [5.74, 6) is -0.115. The average molecular weight is 623 g/mol. The van der Waals surface area contributed by atoms with Crippen LogP contribution in [0.1, 0.15) is 63.6 Å². The molecule has 0 bridgehead atoms. The third kappa shape index (κ3) is 4.94. The van der Waals surface area contributed by atoms with Crippen LogP contribution in [0.5, 0.6) is 0 Å². The molecule has 0 radical (unpaired) electrons. The van der Waals surface area contributed by atoms with Crippen LogP contribution >= 0.6 is 23.2 Å². The van der Waals surface area contributed by atoms with Gasteiger partial charge in [-0.05, 0) is 48.0 Å². The second kappa shape index (κ2) is 11.1. The summed E-state index contributed by atoms with van der Waals surface area (Å²) in [6.07, 6.45) is 0.435. The van der Waals surface area contributed by atoms with E-state index in [-0.39, 0.29) is 47.9 Å². The Morgan fingerprint density at radius 2 is 1.84 bits per heavy atom. The van der Waals surface area contributed by atoms with Gasteiger partial charge in [0.1, 0.15) is 11.7 Å². The fourth-order valence-electron chi connectivity index (χ4n) is 5.82. The van der Waals surface area contributed by atoms with Gasteiger partial charge < -0.3 is 15.1 Å². The summed E-state index contributed by atoms with van der Waals surface area (Å²) in [7, 11) is 3.33. The van der Waals surface area contributed by atoms with Crippen molar-refractivity contribution in [3.63, 3.8) is 0 Å². The highest BCUT2D eigenvalue weighted by molar-refractivity contribution is 6.42. The number of nitrogens with one attached hydrogen (secondary N) is 1. The van der Waals surface area contributed by atoms with Gasteiger partial charge in [-0.25, -0.2) is 9.36 Å². The number of benzene rings is 2. The molecule has 12 nitrogen and oxygen atoms in total. The third-order valence-corrected chi connectivity index (χ3v) is 9.02. The molecular weight excluding hydrogens is 593 g/mol. The number of likely N-dealkylation sites (N-methyl/N-ethyl adjacent to an activating group) is 1. The number of carbonyl (C=O) groups excluding carboxylic acids is 3. The van der Waals surface area contributed by atoms with E-state index in [9.17, 15) is 14.4 Å². The minimum atomic E-state index is -0.732. The molecule has 4 aromatic rings. The average Bonchev–Trinajstić information content (AvgIpc) is 3.60. The number of tetrazole rings is 1. The minimum Gasteiger partial charge on any atom is -0.357 e. The van der Waals surface area contributed by atoms with Crippen LogP contribution < -0.4 is 5.32 Å². The molecule has 0 unspecified atom stereocenters. The zero-order chi connectivity index (χ0) is 30.6. The number of nitrogens with zero attached hydrogens (tertiary/aromatic N) is 8. The lowest BCUT2D eigenvalue weighted by Crippen LogP contribution is -2.49. The first-order valence-corrected chi connectivity index (χ1v) is 14.6. The number of carbonyl (C=O) groups is 3. The van der Waals surface area contributed by atoms with Gasteiger partial charge in [0.2, 0.25) is 5.91 Å². The van der Waals surface area contributed by atoms with Crippen molar-refractivity contribution in [1.82, 2.24) is 45.1 Å². The number of amides is 3. The molecule has 6 rings (SSSR count). The Kier molecular flexibility index (Phi) is 7.43. The van der Waals surface area contributed by atoms with E-state index >= 15 is 0 Å². The van der Waals surface area contributed by atoms with Gasteiger partial charge in [-0.1, -0.05) is 47.5 Å². The number of fused-ring (bicyclic) bond motifs is 3. The van der Waals surface area contributed by atoms with Crippen LogP contribution in [0, 0.1) is 0 Å². The normalized spacial score (nSPS) is 18.7. The monoisotopic (exact) mass is 621 g/mol. The van der Waals surface area contributed by atoms with E-state index < -0.39 is 6.04 Å². The minimum absolute atomic E-state index is 0.143. The van der Waals surface area contributed by atoms with Gasteiger partial charge >= 0.3 is 0 Å². The molecule has 2 aliphatic rings. The van der Waals surface area contributed by atoms with E-state index in [2.05, 4.69) is 20.8 Å². The summed E-state index contributed by atoms with van der Waals surface area (Å²) in [6.45, 7) is 4.17. The highest BCUT2D eigenvalue weighted by atomic mass is 35.5. The second-order valence-electron chi connectivity index (χ2n) is 10.8. The highest BCUT2D eigenvalue weighted by Gasteiger charge is 2.43. The summed E-state index contributed by atoms with van der Waals surface area (Å²) >= 11 is 12.3. The summed E-state index contributed by atoms with van der Waals surface area (Å²) in [5.41, 5.74) is 3.80. The van der Waals surface area contributed by atoms with Gasteiger partial charge in [-0.15, -0.1) is 5.10 Å². The summed E-state index contributed by atoms with van der Waals surface area (Å²) < 4.78 is 3.13. The van der Waals surface area contributed by atoms with E-state index in [1.54, 1.807) is 51.5 Å². The summed E-state index contributed by atoms with van der Waals surface area (Å²) in [5, 5.41) is 19.8. The molecule has 2 aromatic carbocycles. The SMILES string of the molecule is CNC(=O)[C@@H]1CN([C@H](C)c2ccc(-c3nnnn3C)cc2)C(=O)c2c3c(nn21)C[C@@H](C)N(C(=O)c1ccc(Cl)c(Cl)c1)C3. The number of hydrogen-bond donors (Lipinski definition) is 1. The molecule has 0 saturated heterocycles. The maximum Gasteiger partial charge on any atom is 0.273 e. The van der Waals surface area contributed by atoms with E-state index in [0.29, 0.717) is 39.8 Å². The van der Waals surface area contributed by atoms with Gasteiger partial charge in [-0.2, -0.15) is 5.10 Å². The molecule has 222 valence electrons. The predicted molar refractivity (Wildman–Crippen MR) is 159 cm³/mol. The van der Waals surface area contributed by atoms with Crippen molar-refractivity contribution in [2.24, 2.45) is 7.05 Å². The number of halogens is 2. The quantitative estimate of drug-likeness (QED) is 0.361. The molecule has 0 fully saturated rings. The van der Waals surface area contributed by atoms with Crippen LogP contribution in [-0.4, -0.2) is 77.1 Å². The maximum absolute atomic E-state index is 14.2. The third-order valence-electron chi connectivity index (χ3n) is 8.28. The molecule has 1 N–H and O–H groups in total. The van der Waals surface area contributed by atoms with Crippen molar-refractivity contribution in [2.75, 3.05) is 13.6 Å². The Bertz CT molecular complexity index is 1750. The van der Waals surface area contributed by atoms with Gasteiger partial charge in [0, 0.05) is 43.2 Å². The number of aromatic nitrogens is 6. The molecule has 0 saturated carbocycles. The van der Waals surface area contributed by atoms with Crippen LogP contribution in [0.15, 0.2) is 42.5 Å². The fraction of sp³-hybridized carbons (Fsp3) is 0.345. The maximum atomic E-state index is 14.2. The standard InChI is InChI=1S/C29H29Cl2N9O3/c1-15-11-23-20(13-38(15)28(42)19-9-10-21(30)22(31)12-19)25-29(43)39(14-24(27(41)32-3)40(25)34-23)16(2)17-5-7-18(8-6-17)26-33-35-36-37(26)4/h5-10,12,15-16,24H,11,13-14H2,1-4H3,(H,32,41)/t15-,16-,24+/m1/s1. The molecule has 0 aliphatic carbocycles. The molecule has 2 aliphatic heterocycles. The molecule has 2 aromatic heterocycles. The van der Waals surface area contributed by atoms with Crippen molar-refractivity contribution in [3.05, 3.63) is 80.6 Å². The molecule has 43 heavy (non-hydrogen) atoms. The number of aryl methyl sites for hydroxylation is 1. The first kappa shape index (κ1) is 28.8. The fourth-order valence-corrected chi connectivity index (χ4v) is 6.12. The summed E-state index contributed by atoms with van der Waals surface area (Å²) in [4.78, 5) is 44.3. The highest BCUT2D eigenvalue weighted by Crippen LogP contribution is 2.36. The lowest BCUT2D eigenvalue weighted by atomic mass is 9.96. The van der Waals surface area contributed by atoms with Crippen LogP contribution in [0.3, 0.4) is 0 Å². The largest absolute Gasteiger partial charge is 0.357 e. The van der Waals surface area contributed by atoms with E-state index in [0.717, 1.165) is 11.1 Å². The lowest BCUT2D eigenvalue weighted by Gasteiger charge is -2.38. The van der Waals surface area contributed by atoms with E-state index in [4.69, 9.17) is 28.3 Å². The van der Waals surface area contributed by atoms with E-state index in [1.165, 1.54) is 0 Å². The van der Waals surface area contributed by atoms with Crippen LogP contribution in [0.2, 0.25) is 10.0 Å². The topological polar surface area (TPSA) is 131 Å². The van der Waals surface area contributed by atoms with Gasteiger partial charge in [-0.3, -0.25) is 14.4 Å². The van der Waals surface area contributed by atoms with Crippen LogP contribution in [0.4, 0.5) is 0 Å². The van der Waals surface area contributed by atoms with Crippen LogP contribution in [0.25, 0.3) is 11.4 Å². The van der Waals surface area contributed by atoms with Crippen molar-refractivity contribution < 1.29 is 14.4 Å². The number of hydrogen-bond acceptors (Lipinski definition) is 7. The Morgan fingerprint density at radius 1 is 1.09 bits per heavy atom.